The zero-order chi connectivity index (χ0) is 15.9. The predicted molar refractivity (Wildman–Crippen MR) is 89.2 cm³/mol. The van der Waals surface area contributed by atoms with Crippen molar-refractivity contribution in [2.75, 3.05) is 19.6 Å². The van der Waals surface area contributed by atoms with Crippen LogP contribution in [-0.2, 0) is 4.79 Å². The van der Waals surface area contributed by atoms with Gasteiger partial charge in [0.1, 0.15) is 5.82 Å². The lowest BCUT2D eigenvalue weighted by Gasteiger charge is -2.27. The predicted octanol–water partition coefficient (Wildman–Crippen LogP) is 1.48. The molecule has 23 heavy (non-hydrogen) atoms. The fourth-order valence-electron chi connectivity index (χ4n) is 2.58. The number of nitrogens with one attached hydrogen (secondary N) is 3. The Hall–Kier alpha value is -1.66. The lowest BCUT2D eigenvalue weighted by atomic mass is 9.92. The van der Waals surface area contributed by atoms with Gasteiger partial charge in [-0.05, 0) is 50.6 Å². The van der Waals surface area contributed by atoms with Crippen molar-refractivity contribution in [2.45, 2.75) is 25.8 Å². The molecule has 0 aromatic heterocycles. The Bertz CT molecular complexity index is 525. The molecule has 0 aliphatic carbocycles. The standard InChI is InChI=1S/C16H22FN3O2.ClH/c1-11-10-13(6-7-18-11)16(22)20-9-8-19-15(21)12-2-4-14(17)5-3-12;/h2-5,11,13,18H,6-10H2,1H3,(H,19,21)(H,20,22);1H/t11-,13-;/m0./s1. The third-order valence-corrected chi connectivity index (χ3v) is 3.81. The van der Waals surface area contributed by atoms with Gasteiger partial charge in [0.15, 0.2) is 0 Å². The van der Waals surface area contributed by atoms with Crippen LogP contribution in [0.5, 0.6) is 0 Å². The van der Waals surface area contributed by atoms with Crippen LogP contribution in [0.1, 0.15) is 30.1 Å². The summed E-state index contributed by atoms with van der Waals surface area (Å²) in [5.74, 6) is -0.557. The Morgan fingerprint density at radius 3 is 2.52 bits per heavy atom. The van der Waals surface area contributed by atoms with Crippen LogP contribution in [0.25, 0.3) is 0 Å². The molecule has 1 aliphatic heterocycles. The number of carbonyl (C=O) groups is 2. The summed E-state index contributed by atoms with van der Waals surface area (Å²) in [5.41, 5.74) is 0.403. The summed E-state index contributed by atoms with van der Waals surface area (Å²) in [6, 6.07) is 5.71. The van der Waals surface area contributed by atoms with Crippen LogP contribution in [0.4, 0.5) is 4.39 Å². The van der Waals surface area contributed by atoms with Crippen molar-refractivity contribution in [3.8, 4) is 0 Å². The molecule has 1 saturated heterocycles. The van der Waals surface area contributed by atoms with Crippen molar-refractivity contribution in [2.24, 2.45) is 5.92 Å². The Morgan fingerprint density at radius 2 is 1.87 bits per heavy atom. The fourth-order valence-corrected chi connectivity index (χ4v) is 2.58. The summed E-state index contributed by atoms with van der Waals surface area (Å²) >= 11 is 0. The molecule has 0 saturated carbocycles. The number of hydrogen-bond acceptors (Lipinski definition) is 3. The van der Waals surface area contributed by atoms with E-state index in [1.165, 1.54) is 24.3 Å². The molecular formula is C16H23ClFN3O2. The summed E-state index contributed by atoms with van der Waals surface area (Å²) in [7, 11) is 0. The molecule has 0 unspecified atom stereocenters. The van der Waals surface area contributed by atoms with Crippen LogP contribution in [-0.4, -0.2) is 37.5 Å². The van der Waals surface area contributed by atoms with Crippen LogP contribution in [0.3, 0.4) is 0 Å². The quantitative estimate of drug-likeness (QED) is 0.709. The van der Waals surface area contributed by atoms with Crippen molar-refractivity contribution in [3.05, 3.63) is 35.6 Å². The minimum absolute atomic E-state index is 0. The van der Waals surface area contributed by atoms with Crippen molar-refractivity contribution in [1.82, 2.24) is 16.0 Å². The van der Waals surface area contributed by atoms with Crippen molar-refractivity contribution < 1.29 is 14.0 Å². The normalized spacial score (nSPS) is 20.3. The smallest absolute Gasteiger partial charge is 0.251 e. The van der Waals surface area contributed by atoms with Crippen molar-refractivity contribution >= 4 is 24.2 Å². The Labute approximate surface area is 141 Å². The summed E-state index contributed by atoms with van der Waals surface area (Å²) in [6.07, 6.45) is 1.69. The maximum Gasteiger partial charge on any atom is 0.251 e. The molecule has 1 aliphatic rings. The molecule has 3 N–H and O–H groups in total. The van der Waals surface area contributed by atoms with E-state index < -0.39 is 0 Å². The summed E-state index contributed by atoms with van der Waals surface area (Å²) in [6.45, 7) is 3.68. The molecule has 2 amide bonds. The Balaban J connectivity index is 0.00000264. The van der Waals surface area contributed by atoms with Gasteiger partial charge in [0.05, 0.1) is 0 Å². The number of halogens is 2. The molecule has 2 atom stereocenters. The number of piperidine rings is 1. The van der Waals surface area contributed by atoms with E-state index in [0.717, 1.165) is 19.4 Å². The largest absolute Gasteiger partial charge is 0.354 e. The van der Waals surface area contributed by atoms with Crippen molar-refractivity contribution in [3.63, 3.8) is 0 Å². The van der Waals surface area contributed by atoms with Crippen LogP contribution >= 0.6 is 12.4 Å². The molecule has 7 heteroatoms. The topological polar surface area (TPSA) is 70.2 Å². The minimum atomic E-state index is -0.375. The number of carbonyl (C=O) groups excluding carboxylic acids is 2. The highest BCUT2D eigenvalue weighted by atomic mass is 35.5. The molecule has 1 fully saturated rings. The number of amides is 2. The maximum atomic E-state index is 12.8. The van der Waals surface area contributed by atoms with Crippen molar-refractivity contribution in [1.29, 1.82) is 0 Å². The van der Waals surface area contributed by atoms with E-state index in [0.29, 0.717) is 24.7 Å². The summed E-state index contributed by atoms with van der Waals surface area (Å²) in [4.78, 5) is 23.8. The maximum absolute atomic E-state index is 12.8. The number of hydrogen-bond donors (Lipinski definition) is 3. The highest BCUT2D eigenvalue weighted by molar-refractivity contribution is 5.94. The molecule has 128 valence electrons. The second-order valence-corrected chi connectivity index (χ2v) is 5.63. The molecule has 1 aromatic carbocycles. The molecule has 0 radical (unpaired) electrons. The third-order valence-electron chi connectivity index (χ3n) is 3.81. The fraction of sp³-hybridized carbons (Fsp3) is 0.500. The van der Waals surface area contributed by atoms with E-state index in [4.69, 9.17) is 0 Å². The lowest BCUT2D eigenvalue weighted by molar-refractivity contribution is -0.126. The van der Waals surface area contributed by atoms with Crippen LogP contribution in [0, 0.1) is 11.7 Å². The van der Waals surface area contributed by atoms with E-state index in [1.807, 2.05) is 0 Å². The number of benzene rings is 1. The second-order valence-electron chi connectivity index (χ2n) is 5.63. The highest BCUT2D eigenvalue weighted by Crippen LogP contribution is 2.15. The van der Waals surface area contributed by atoms with E-state index >= 15 is 0 Å². The van der Waals surface area contributed by atoms with Gasteiger partial charge in [0.2, 0.25) is 5.91 Å². The first-order chi connectivity index (χ1) is 10.6. The van der Waals surface area contributed by atoms with E-state index in [-0.39, 0.29) is 36.0 Å². The average Bonchev–Trinajstić information content (AvgIpc) is 2.51. The molecule has 5 nitrogen and oxygen atoms in total. The lowest BCUT2D eigenvalue weighted by Crippen LogP contribution is -2.44. The van der Waals surface area contributed by atoms with Crippen LogP contribution in [0.2, 0.25) is 0 Å². The van der Waals surface area contributed by atoms with Crippen LogP contribution in [0.15, 0.2) is 24.3 Å². The van der Waals surface area contributed by atoms with Gasteiger partial charge in [-0.25, -0.2) is 4.39 Å². The van der Waals surface area contributed by atoms with Gasteiger partial charge in [-0.15, -0.1) is 12.4 Å². The molecule has 1 heterocycles. The first kappa shape index (κ1) is 19.4. The summed E-state index contributed by atoms with van der Waals surface area (Å²) < 4.78 is 12.8. The monoisotopic (exact) mass is 343 g/mol. The van der Waals surface area contributed by atoms with Gasteiger partial charge in [-0.2, -0.15) is 0 Å². The highest BCUT2D eigenvalue weighted by Gasteiger charge is 2.24. The molecule has 1 aromatic rings. The van der Waals surface area contributed by atoms with Gasteiger partial charge in [0, 0.05) is 30.6 Å². The van der Waals surface area contributed by atoms with Crippen LogP contribution < -0.4 is 16.0 Å². The van der Waals surface area contributed by atoms with E-state index in [9.17, 15) is 14.0 Å². The van der Waals surface area contributed by atoms with E-state index in [2.05, 4.69) is 22.9 Å². The third kappa shape index (κ3) is 6.15. The van der Waals surface area contributed by atoms with Gasteiger partial charge in [-0.3, -0.25) is 9.59 Å². The second kappa shape index (κ2) is 9.47. The minimum Gasteiger partial charge on any atom is -0.354 e. The van der Waals surface area contributed by atoms with Gasteiger partial charge < -0.3 is 16.0 Å². The Kier molecular flexibility index (Phi) is 7.98. The number of rotatable bonds is 5. The average molecular weight is 344 g/mol. The first-order valence-corrected chi connectivity index (χ1v) is 7.61. The molecule has 0 bridgehead atoms. The van der Waals surface area contributed by atoms with Gasteiger partial charge in [-0.1, -0.05) is 0 Å². The van der Waals surface area contributed by atoms with Gasteiger partial charge in [0.25, 0.3) is 5.91 Å². The zero-order valence-corrected chi connectivity index (χ0v) is 13.9. The first-order valence-electron chi connectivity index (χ1n) is 7.61. The molecule has 0 spiro atoms. The Morgan fingerprint density at radius 1 is 1.22 bits per heavy atom. The molecular weight excluding hydrogens is 321 g/mol. The van der Waals surface area contributed by atoms with Gasteiger partial charge >= 0.3 is 0 Å². The zero-order valence-electron chi connectivity index (χ0n) is 13.1. The SMILES string of the molecule is C[C@H]1C[C@@H](C(=O)NCCNC(=O)c2ccc(F)cc2)CCN1.Cl. The summed E-state index contributed by atoms with van der Waals surface area (Å²) in [5, 5.41) is 8.85. The van der Waals surface area contributed by atoms with E-state index in [1.54, 1.807) is 0 Å². The molecule has 2 rings (SSSR count).